The van der Waals surface area contributed by atoms with Crippen LogP contribution in [0.25, 0.3) is 0 Å². The quantitative estimate of drug-likeness (QED) is 0.399. The molecule has 0 spiro atoms. The molecule has 15 heavy (non-hydrogen) atoms. The minimum absolute atomic E-state index is 0.166. The molecule has 0 saturated carbocycles. The Morgan fingerprint density at radius 3 is 3.00 bits per heavy atom. The summed E-state index contributed by atoms with van der Waals surface area (Å²) >= 11 is 0. The third-order valence-electron chi connectivity index (χ3n) is 1.36. The predicted octanol–water partition coefficient (Wildman–Crippen LogP) is -0.403. The lowest BCUT2D eigenvalue weighted by Crippen LogP contribution is -2.26. The van der Waals surface area contributed by atoms with E-state index in [-0.39, 0.29) is 18.2 Å². The number of furan rings is 1. The molecule has 0 aliphatic rings. The summed E-state index contributed by atoms with van der Waals surface area (Å²) in [6, 6.07) is 2.54. The Morgan fingerprint density at radius 1 is 1.73 bits per heavy atom. The molecular formula is C7H8N4O4. The molecule has 0 bridgehead atoms. The number of nitrogens with zero attached hydrogens (tertiary/aromatic N) is 2. The number of carbonyl (C=O) groups excluding carboxylic acids is 1. The highest BCUT2D eigenvalue weighted by molar-refractivity contribution is 5.81. The van der Waals surface area contributed by atoms with Gasteiger partial charge < -0.3 is 10.2 Å². The van der Waals surface area contributed by atoms with Crippen LogP contribution in [0.2, 0.25) is 0 Å². The SMILES string of the molecule is NCC(=O)NN=Cc1ccc([N+](=O)[O-])o1. The van der Waals surface area contributed by atoms with Gasteiger partial charge in [-0.3, -0.25) is 14.9 Å². The van der Waals surface area contributed by atoms with Gasteiger partial charge in [0.05, 0.1) is 18.8 Å². The van der Waals surface area contributed by atoms with Gasteiger partial charge in [0.1, 0.15) is 4.92 Å². The van der Waals surface area contributed by atoms with Crippen molar-refractivity contribution in [1.29, 1.82) is 0 Å². The van der Waals surface area contributed by atoms with Crippen LogP contribution >= 0.6 is 0 Å². The van der Waals surface area contributed by atoms with Crippen LogP contribution in [-0.2, 0) is 4.79 Å². The van der Waals surface area contributed by atoms with Crippen LogP contribution in [0.1, 0.15) is 5.76 Å². The zero-order valence-electron chi connectivity index (χ0n) is 7.54. The minimum atomic E-state index is -0.671. The molecule has 0 saturated heterocycles. The molecule has 0 aromatic carbocycles. The van der Waals surface area contributed by atoms with Gasteiger partial charge in [0.25, 0.3) is 5.91 Å². The molecule has 3 N–H and O–H groups in total. The van der Waals surface area contributed by atoms with Crippen LogP contribution in [0.3, 0.4) is 0 Å². The monoisotopic (exact) mass is 212 g/mol. The highest BCUT2D eigenvalue weighted by Crippen LogP contribution is 2.13. The van der Waals surface area contributed by atoms with Crippen LogP contribution in [0.5, 0.6) is 0 Å². The van der Waals surface area contributed by atoms with E-state index in [1.165, 1.54) is 12.1 Å². The maximum atomic E-state index is 10.6. The molecule has 0 aliphatic heterocycles. The number of nitrogens with one attached hydrogen (secondary N) is 1. The molecule has 8 heteroatoms. The number of nitrogens with two attached hydrogens (primary N) is 1. The molecule has 0 unspecified atom stereocenters. The van der Waals surface area contributed by atoms with Gasteiger partial charge in [-0.2, -0.15) is 5.10 Å². The Balaban J connectivity index is 2.57. The molecule has 0 radical (unpaired) electrons. The van der Waals surface area contributed by atoms with E-state index in [0.717, 1.165) is 6.21 Å². The molecular weight excluding hydrogens is 204 g/mol. The van der Waals surface area contributed by atoms with Crippen molar-refractivity contribution in [3.8, 4) is 0 Å². The maximum Gasteiger partial charge on any atom is 0.433 e. The Bertz CT molecular complexity index is 397. The average molecular weight is 212 g/mol. The number of carbonyl (C=O) groups is 1. The van der Waals surface area contributed by atoms with E-state index in [2.05, 4.69) is 10.5 Å². The van der Waals surface area contributed by atoms with E-state index < -0.39 is 10.8 Å². The topological polar surface area (TPSA) is 124 Å². The average Bonchev–Trinajstić information content (AvgIpc) is 2.66. The van der Waals surface area contributed by atoms with Gasteiger partial charge in [-0.25, -0.2) is 5.43 Å². The van der Waals surface area contributed by atoms with Gasteiger partial charge in [0, 0.05) is 0 Å². The van der Waals surface area contributed by atoms with E-state index in [4.69, 9.17) is 10.2 Å². The van der Waals surface area contributed by atoms with Crippen LogP contribution < -0.4 is 11.2 Å². The first-order valence-corrected chi connectivity index (χ1v) is 3.89. The number of hydrazone groups is 1. The fourth-order valence-electron chi connectivity index (χ4n) is 0.723. The maximum absolute atomic E-state index is 10.6. The lowest BCUT2D eigenvalue weighted by Gasteiger charge is -1.91. The van der Waals surface area contributed by atoms with Crippen molar-refractivity contribution < 1.29 is 14.1 Å². The fraction of sp³-hybridized carbons (Fsp3) is 0.143. The van der Waals surface area contributed by atoms with Gasteiger partial charge in [-0.15, -0.1) is 0 Å². The fourth-order valence-corrected chi connectivity index (χ4v) is 0.723. The highest BCUT2D eigenvalue weighted by Gasteiger charge is 2.10. The van der Waals surface area contributed by atoms with Gasteiger partial charge in [0.15, 0.2) is 5.76 Å². The first-order chi connectivity index (χ1) is 7.13. The third-order valence-corrected chi connectivity index (χ3v) is 1.36. The van der Waals surface area contributed by atoms with Gasteiger partial charge in [-0.1, -0.05) is 0 Å². The second kappa shape index (κ2) is 4.86. The van der Waals surface area contributed by atoms with Crippen molar-refractivity contribution in [2.24, 2.45) is 10.8 Å². The first kappa shape index (κ1) is 10.9. The second-order valence-corrected chi connectivity index (χ2v) is 2.43. The summed E-state index contributed by atoms with van der Waals surface area (Å²) in [5.74, 6) is -0.687. The summed E-state index contributed by atoms with van der Waals surface area (Å²) < 4.78 is 4.73. The van der Waals surface area contributed by atoms with Crippen molar-refractivity contribution in [2.45, 2.75) is 0 Å². The summed E-state index contributed by atoms with van der Waals surface area (Å²) in [7, 11) is 0. The molecule has 0 fully saturated rings. The van der Waals surface area contributed by atoms with Crippen molar-refractivity contribution in [1.82, 2.24) is 5.43 Å². The Hall–Kier alpha value is -2.22. The summed E-state index contributed by atoms with van der Waals surface area (Å²) in [6.45, 7) is -0.185. The molecule has 0 aliphatic carbocycles. The molecule has 80 valence electrons. The standard InChI is InChI=1S/C7H8N4O4/c8-3-6(12)10-9-4-5-1-2-7(15-5)11(13)14/h1-2,4H,3,8H2,(H,10,12). The van der Waals surface area contributed by atoms with Crippen molar-refractivity contribution in [3.63, 3.8) is 0 Å². The van der Waals surface area contributed by atoms with Gasteiger partial charge >= 0.3 is 5.88 Å². The van der Waals surface area contributed by atoms with Gasteiger partial charge in [-0.05, 0) is 6.07 Å². The van der Waals surface area contributed by atoms with E-state index in [1.54, 1.807) is 0 Å². The Morgan fingerprint density at radius 2 is 2.47 bits per heavy atom. The molecule has 1 heterocycles. The zero-order chi connectivity index (χ0) is 11.3. The highest BCUT2D eigenvalue weighted by atomic mass is 16.6. The zero-order valence-corrected chi connectivity index (χ0v) is 7.54. The molecule has 8 nitrogen and oxygen atoms in total. The van der Waals surface area contributed by atoms with Crippen molar-refractivity contribution in [3.05, 3.63) is 28.0 Å². The minimum Gasteiger partial charge on any atom is -0.400 e. The number of hydrogen-bond donors (Lipinski definition) is 2. The largest absolute Gasteiger partial charge is 0.433 e. The van der Waals surface area contributed by atoms with Crippen LogP contribution in [-0.4, -0.2) is 23.6 Å². The molecule has 1 aromatic rings. The Kier molecular flexibility index (Phi) is 3.52. The van der Waals surface area contributed by atoms with E-state index >= 15 is 0 Å². The lowest BCUT2D eigenvalue weighted by molar-refractivity contribution is -0.402. The van der Waals surface area contributed by atoms with E-state index in [0.29, 0.717) is 0 Å². The smallest absolute Gasteiger partial charge is 0.400 e. The van der Waals surface area contributed by atoms with Crippen molar-refractivity contribution >= 4 is 18.0 Å². The summed E-state index contributed by atoms with van der Waals surface area (Å²) in [4.78, 5) is 20.2. The summed E-state index contributed by atoms with van der Waals surface area (Å²) in [5, 5.41) is 13.7. The summed E-state index contributed by atoms with van der Waals surface area (Å²) in [5.41, 5.74) is 7.09. The Labute approximate surface area is 83.9 Å². The molecule has 1 amide bonds. The number of rotatable bonds is 4. The summed E-state index contributed by atoms with van der Waals surface area (Å²) in [6.07, 6.45) is 1.14. The van der Waals surface area contributed by atoms with Crippen LogP contribution in [0, 0.1) is 10.1 Å². The van der Waals surface area contributed by atoms with E-state index in [9.17, 15) is 14.9 Å². The van der Waals surface area contributed by atoms with E-state index in [1.807, 2.05) is 0 Å². The van der Waals surface area contributed by atoms with Crippen LogP contribution in [0.4, 0.5) is 5.88 Å². The molecule has 0 atom stereocenters. The number of amides is 1. The third kappa shape index (κ3) is 3.19. The normalized spacial score (nSPS) is 10.5. The molecule has 1 aromatic heterocycles. The molecule has 1 rings (SSSR count). The number of hydrogen-bond acceptors (Lipinski definition) is 6. The van der Waals surface area contributed by atoms with Crippen molar-refractivity contribution in [2.75, 3.05) is 6.54 Å². The van der Waals surface area contributed by atoms with Crippen LogP contribution in [0.15, 0.2) is 21.7 Å². The first-order valence-electron chi connectivity index (χ1n) is 3.89. The second-order valence-electron chi connectivity index (χ2n) is 2.43. The van der Waals surface area contributed by atoms with Gasteiger partial charge in [0.2, 0.25) is 0 Å². The predicted molar refractivity (Wildman–Crippen MR) is 50.2 cm³/mol. The number of nitro groups is 1. The lowest BCUT2D eigenvalue weighted by atomic mass is 10.5.